The molecule has 0 aromatic carbocycles. The fourth-order valence-corrected chi connectivity index (χ4v) is 2.61. The van der Waals surface area contributed by atoms with E-state index in [0.717, 1.165) is 6.26 Å². The maximum atomic E-state index is 11.9. The van der Waals surface area contributed by atoms with Crippen LogP contribution in [0.5, 0.6) is 0 Å². The number of sulfone groups is 1. The van der Waals surface area contributed by atoms with E-state index in [1.54, 1.807) is 7.11 Å². The summed E-state index contributed by atoms with van der Waals surface area (Å²) in [7, 11) is -1.73. The van der Waals surface area contributed by atoms with Gasteiger partial charge in [-0.05, 0) is 12.8 Å². The maximum Gasteiger partial charge on any atom is 0.326 e. The zero-order chi connectivity index (χ0) is 15.3. The summed E-state index contributed by atoms with van der Waals surface area (Å²) < 4.78 is 27.2. The van der Waals surface area contributed by atoms with Crippen LogP contribution in [0, 0.1) is 0 Å². The van der Waals surface area contributed by atoms with Crippen molar-refractivity contribution in [1.29, 1.82) is 0 Å². The van der Waals surface area contributed by atoms with Crippen molar-refractivity contribution in [2.75, 3.05) is 25.7 Å². The van der Waals surface area contributed by atoms with Crippen LogP contribution in [-0.4, -0.2) is 69.3 Å². The molecule has 0 bridgehead atoms. The fraction of sp³-hybridized carbons (Fsp3) is 0.818. The molecule has 1 saturated heterocycles. The van der Waals surface area contributed by atoms with Crippen LogP contribution in [0.1, 0.15) is 12.8 Å². The first-order valence-electron chi connectivity index (χ1n) is 6.20. The second-order valence-corrected chi connectivity index (χ2v) is 7.13. The van der Waals surface area contributed by atoms with Crippen LogP contribution in [-0.2, 0) is 24.2 Å². The van der Waals surface area contributed by atoms with E-state index in [-0.39, 0.29) is 18.3 Å². The Bertz CT molecular complexity index is 464. The van der Waals surface area contributed by atoms with Gasteiger partial charge in [-0.25, -0.2) is 13.2 Å². The topological polar surface area (TPSA) is 122 Å². The molecule has 0 saturated carbocycles. The average molecular weight is 308 g/mol. The zero-order valence-corrected chi connectivity index (χ0v) is 12.3. The Kier molecular flexibility index (Phi) is 5.90. The van der Waals surface area contributed by atoms with Crippen LogP contribution in [0.15, 0.2) is 0 Å². The molecule has 1 aliphatic rings. The molecule has 9 heteroatoms. The number of methoxy groups -OCH3 is 1. The van der Waals surface area contributed by atoms with E-state index in [4.69, 9.17) is 9.84 Å². The summed E-state index contributed by atoms with van der Waals surface area (Å²) in [5.41, 5.74) is 0. The van der Waals surface area contributed by atoms with E-state index in [2.05, 4.69) is 10.6 Å². The van der Waals surface area contributed by atoms with Gasteiger partial charge in [0.25, 0.3) is 0 Å². The smallest absolute Gasteiger partial charge is 0.326 e. The van der Waals surface area contributed by atoms with E-state index in [1.807, 2.05) is 0 Å². The molecule has 0 aliphatic carbocycles. The van der Waals surface area contributed by atoms with Crippen molar-refractivity contribution in [3.63, 3.8) is 0 Å². The largest absolute Gasteiger partial charge is 0.480 e. The van der Waals surface area contributed by atoms with Crippen molar-refractivity contribution >= 4 is 21.7 Å². The van der Waals surface area contributed by atoms with Crippen LogP contribution in [0.2, 0.25) is 0 Å². The summed E-state index contributed by atoms with van der Waals surface area (Å²) in [6.07, 6.45) is 1.25. The predicted molar refractivity (Wildman–Crippen MR) is 71.1 cm³/mol. The average Bonchev–Trinajstić information content (AvgIpc) is 2.81. The number of carboxylic acid groups (broad SMARTS) is 1. The highest BCUT2D eigenvalue weighted by Crippen LogP contribution is 2.10. The van der Waals surface area contributed by atoms with Gasteiger partial charge in [-0.3, -0.25) is 4.79 Å². The molecule has 0 radical (unpaired) electrons. The number of hydrogen-bond acceptors (Lipinski definition) is 6. The molecule has 1 fully saturated rings. The van der Waals surface area contributed by atoms with Gasteiger partial charge in [-0.15, -0.1) is 0 Å². The lowest BCUT2D eigenvalue weighted by atomic mass is 10.1. The van der Waals surface area contributed by atoms with Crippen molar-refractivity contribution in [1.82, 2.24) is 10.6 Å². The summed E-state index contributed by atoms with van der Waals surface area (Å²) >= 11 is 0. The van der Waals surface area contributed by atoms with Crippen molar-refractivity contribution in [2.24, 2.45) is 0 Å². The molecule has 8 nitrogen and oxygen atoms in total. The Labute approximate surface area is 117 Å². The number of rotatable bonds is 7. The molecule has 0 spiro atoms. The Hall–Kier alpha value is -1.19. The molecule has 0 aromatic rings. The second-order valence-electron chi connectivity index (χ2n) is 4.87. The molecule has 1 amide bonds. The van der Waals surface area contributed by atoms with E-state index in [1.165, 1.54) is 0 Å². The molecule has 0 aromatic heterocycles. The van der Waals surface area contributed by atoms with E-state index in [0.29, 0.717) is 13.0 Å². The highest BCUT2D eigenvalue weighted by molar-refractivity contribution is 7.90. The van der Waals surface area contributed by atoms with Crippen LogP contribution >= 0.6 is 0 Å². The van der Waals surface area contributed by atoms with Crippen molar-refractivity contribution in [3.05, 3.63) is 0 Å². The van der Waals surface area contributed by atoms with Gasteiger partial charge in [-0.2, -0.15) is 0 Å². The van der Waals surface area contributed by atoms with Gasteiger partial charge in [0.2, 0.25) is 5.91 Å². The Balaban J connectivity index is 2.53. The highest BCUT2D eigenvalue weighted by atomic mass is 32.2. The Morgan fingerprint density at radius 3 is 2.60 bits per heavy atom. The van der Waals surface area contributed by atoms with E-state index in [9.17, 15) is 18.0 Å². The molecular weight excluding hydrogens is 288 g/mol. The normalized spacial score (nSPS) is 24.3. The van der Waals surface area contributed by atoms with E-state index < -0.39 is 33.8 Å². The molecule has 1 heterocycles. The molecular formula is C11H20N2O6S. The van der Waals surface area contributed by atoms with Crippen molar-refractivity contribution in [3.8, 4) is 0 Å². The van der Waals surface area contributed by atoms with Gasteiger partial charge in [0.1, 0.15) is 15.9 Å². The van der Waals surface area contributed by atoms with Crippen LogP contribution in [0.25, 0.3) is 0 Å². The highest BCUT2D eigenvalue weighted by Gasteiger charge is 2.31. The minimum atomic E-state index is -3.27. The predicted octanol–water partition coefficient (Wildman–Crippen LogP) is -1.63. The van der Waals surface area contributed by atoms with Gasteiger partial charge < -0.3 is 20.5 Å². The summed E-state index contributed by atoms with van der Waals surface area (Å²) in [5, 5.41) is 14.3. The van der Waals surface area contributed by atoms with Gasteiger partial charge in [-0.1, -0.05) is 0 Å². The lowest BCUT2D eigenvalue weighted by Gasteiger charge is -2.17. The van der Waals surface area contributed by atoms with Gasteiger partial charge in [0.15, 0.2) is 0 Å². The summed E-state index contributed by atoms with van der Waals surface area (Å²) in [4.78, 5) is 22.9. The maximum absolute atomic E-state index is 11.9. The van der Waals surface area contributed by atoms with E-state index >= 15 is 0 Å². The molecule has 1 rings (SSSR count). The minimum Gasteiger partial charge on any atom is -0.480 e. The number of hydrogen-bond donors (Lipinski definition) is 3. The Morgan fingerprint density at radius 1 is 1.50 bits per heavy atom. The molecule has 3 atom stereocenters. The first-order chi connectivity index (χ1) is 9.23. The minimum absolute atomic E-state index is 0.0787. The lowest BCUT2D eigenvalue weighted by molar-refractivity contribution is -0.142. The molecule has 3 unspecified atom stereocenters. The molecule has 3 N–H and O–H groups in total. The van der Waals surface area contributed by atoms with Crippen molar-refractivity contribution in [2.45, 2.75) is 31.0 Å². The summed E-state index contributed by atoms with van der Waals surface area (Å²) in [6.45, 7) is 0.523. The summed E-state index contributed by atoms with van der Waals surface area (Å²) in [6, 6.07) is -1.72. The standard InChI is InChI=1S/C11H20N2O6S/c1-19-7-5-9(12-6-7)10(14)13-8(11(15)16)3-4-20(2,17)18/h7-9,12H,3-6H2,1-2H3,(H,13,14)(H,15,16). The first kappa shape index (κ1) is 16.9. The number of ether oxygens (including phenoxy) is 1. The third-order valence-electron chi connectivity index (χ3n) is 3.13. The van der Waals surface area contributed by atoms with Gasteiger partial charge in [0.05, 0.1) is 17.9 Å². The van der Waals surface area contributed by atoms with Crippen LogP contribution in [0.4, 0.5) is 0 Å². The van der Waals surface area contributed by atoms with Crippen LogP contribution in [0.3, 0.4) is 0 Å². The number of carbonyl (C=O) groups is 2. The van der Waals surface area contributed by atoms with Crippen LogP contribution < -0.4 is 10.6 Å². The number of nitrogens with one attached hydrogen (secondary N) is 2. The Morgan fingerprint density at radius 2 is 2.15 bits per heavy atom. The van der Waals surface area contributed by atoms with Crippen molar-refractivity contribution < 1.29 is 27.9 Å². The number of amides is 1. The molecule has 1 aliphatic heterocycles. The van der Waals surface area contributed by atoms with Gasteiger partial charge >= 0.3 is 5.97 Å². The number of carboxylic acids is 1. The summed E-state index contributed by atoms with van der Waals surface area (Å²) in [5.74, 6) is -1.99. The number of aliphatic carboxylic acids is 1. The SMILES string of the molecule is COC1CNC(C(=O)NC(CCS(C)(=O)=O)C(=O)O)C1. The lowest BCUT2D eigenvalue weighted by Crippen LogP contribution is -2.48. The molecule has 116 valence electrons. The fourth-order valence-electron chi connectivity index (χ4n) is 1.94. The first-order valence-corrected chi connectivity index (χ1v) is 8.26. The number of carbonyl (C=O) groups excluding carboxylic acids is 1. The zero-order valence-electron chi connectivity index (χ0n) is 11.5. The third kappa shape index (κ3) is 5.43. The second kappa shape index (κ2) is 7.00. The molecule has 20 heavy (non-hydrogen) atoms. The monoisotopic (exact) mass is 308 g/mol. The quantitative estimate of drug-likeness (QED) is 0.516. The van der Waals surface area contributed by atoms with Gasteiger partial charge in [0, 0.05) is 19.9 Å². The third-order valence-corrected chi connectivity index (χ3v) is 4.11.